The number of amides is 1. The molecule has 1 heterocycles. The topological polar surface area (TPSA) is 70.7 Å². The van der Waals surface area contributed by atoms with Crippen LogP contribution in [0.15, 0.2) is 0 Å². The minimum absolute atomic E-state index is 0.159. The lowest BCUT2D eigenvalue weighted by atomic mass is 9.67. The van der Waals surface area contributed by atoms with Gasteiger partial charge in [0, 0.05) is 13.0 Å². The molecule has 0 saturated heterocycles. The second-order valence-electron chi connectivity index (χ2n) is 5.25. The fraction of sp³-hybridized carbons (Fsp3) is 0.769. The van der Waals surface area contributed by atoms with Crippen molar-refractivity contribution >= 4 is 5.91 Å². The van der Waals surface area contributed by atoms with Crippen LogP contribution in [0.5, 0.6) is 0 Å². The third kappa shape index (κ3) is 2.71. The van der Waals surface area contributed by atoms with Gasteiger partial charge >= 0.3 is 0 Å². The number of carbonyl (C=O) groups is 1. The minimum atomic E-state index is -0.159. The number of aromatic nitrogens is 3. The van der Waals surface area contributed by atoms with Gasteiger partial charge in [-0.2, -0.15) is 0 Å². The Bertz CT molecular complexity index is 403. The van der Waals surface area contributed by atoms with Crippen LogP contribution in [0.25, 0.3) is 0 Å². The molecule has 100 valence electrons. The molecule has 1 aromatic heterocycles. The van der Waals surface area contributed by atoms with Crippen LogP contribution in [-0.4, -0.2) is 27.6 Å². The molecule has 0 aromatic carbocycles. The Labute approximate surface area is 108 Å². The van der Waals surface area contributed by atoms with Gasteiger partial charge in [0.2, 0.25) is 5.82 Å². The highest BCUT2D eigenvalue weighted by Gasteiger charge is 2.35. The lowest BCUT2D eigenvalue weighted by molar-refractivity contribution is 0.0841. The van der Waals surface area contributed by atoms with Gasteiger partial charge < -0.3 is 5.32 Å². The van der Waals surface area contributed by atoms with Gasteiger partial charge in [-0.05, 0) is 31.1 Å². The van der Waals surface area contributed by atoms with Crippen molar-refractivity contribution in [2.75, 3.05) is 6.54 Å². The highest BCUT2D eigenvalue weighted by Crippen LogP contribution is 2.43. The molecule has 18 heavy (non-hydrogen) atoms. The van der Waals surface area contributed by atoms with Crippen LogP contribution in [0.2, 0.25) is 0 Å². The number of aromatic amines is 1. The van der Waals surface area contributed by atoms with E-state index in [0.29, 0.717) is 5.41 Å². The Morgan fingerprint density at radius 2 is 2.22 bits per heavy atom. The maximum Gasteiger partial charge on any atom is 0.290 e. The number of nitrogens with one attached hydrogen (secondary N) is 2. The number of rotatable bonds is 6. The monoisotopic (exact) mass is 250 g/mol. The molecule has 0 radical (unpaired) electrons. The van der Waals surface area contributed by atoms with Crippen molar-refractivity contribution < 1.29 is 4.79 Å². The summed E-state index contributed by atoms with van der Waals surface area (Å²) in [7, 11) is 0. The summed E-state index contributed by atoms with van der Waals surface area (Å²) in [4.78, 5) is 16.1. The number of aryl methyl sites for hydroxylation is 1. The number of H-pyrrole nitrogens is 1. The quantitative estimate of drug-likeness (QED) is 0.812. The van der Waals surface area contributed by atoms with Gasteiger partial charge in [-0.3, -0.25) is 9.89 Å². The Morgan fingerprint density at radius 1 is 1.44 bits per heavy atom. The molecular weight excluding hydrogens is 228 g/mol. The van der Waals surface area contributed by atoms with E-state index >= 15 is 0 Å². The largest absolute Gasteiger partial charge is 0.349 e. The standard InChI is InChI=1S/C13H22N4O/c1-3-6-10-15-11(17-16-10)12(18)14-9-13(4-2)7-5-8-13/h3-9H2,1-2H3,(H,14,18)(H,15,16,17). The summed E-state index contributed by atoms with van der Waals surface area (Å²) in [5.74, 6) is 0.897. The molecule has 0 spiro atoms. The summed E-state index contributed by atoms with van der Waals surface area (Å²) in [6.07, 6.45) is 6.68. The van der Waals surface area contributed by atoms with Crippen molar-refractivity contribution in [2.45, 2.75) is 52.4 Å². The highest BCUT2D eigenvalue weighted by atomic mass is 16.2. The molecule has 2 rings (SSSR count). The van der Waals surface area contributed by atoms with Crippen molar-refractivity contribution in [3.05, 3.63) is 11.6 Å². The van der Waals surface area contributed by atoms with Crippen LogP contribution < -0.4 is 5.32 Å². The molecular formula is C13H22N4O. The van der Waals surface area contributed by atoms with Gasteiger partial charge in [0.25, 0.3) is 5.91 Å². The van der Waals surface area contributed by atoms with E-state index in [4.69, 9.17) is 0 Å². The van der Waals surface area contributed by atoms with Crippen LogP contribution in [0, 0.1) is 5.41 Å². The number of hydrogen-bond donors (Lipinski definition) is 2. The van der Waals surface area contributed by atoms with Crippen LogP contribution in [0.1, 0.15) is 62.4 Å². The van der Waals surface area contributed by atoms with Crippen molar-refractivity contribution in [3.63, 3.8) is 0 Å². The first-order chi connectivity index (χ1) is 8.69. The van der Waals surface area contributed by atoms with E-state index in [-0.39, 0.29) is 11.7 Å². The first-order valence-electron chi connectivity index (χ1n) is 6.88. The van der Waals surface area contributed by atoms with Crippen LogP contribution in [0.3, 0.4) is 0 Å². The third-order valence-electron chi connectivity index (χ3n) is 4.01. The Balaban J connectivity index is 1.87. The van der Waals surface area contributed by atoms with Gasteiger partial charge in [-0.15, -0.1) is 5.10 Å². The first-order valence-corrected chi connectivity index (χ1v) is 6.88. The number of hydrogen-bond acceptors (Lipinski definition) is 3. The number of nitrogens with zero attached hydrogens (tertiary/aromatic N) is 2. The van der Waals surface area contributed by atoms with Gasteiger partial charge in [-0.1, -0.05) is 20.3 Å². The smallest absolute Gasteiger partial charge is 0.290 e. The Morgan fingerprint density at radius 3 is 2.78 bits per heavy atom. The number of carbonyl (C=O) groups excluding carboxylic acids is 1. The normalized spacial score (nSPS) is 17.2. The Kier molecular flexibility index (Phi) is 3.99. The molecule has 0 atom stereocenters. The van der Waals surface area contributed by atoms with E-state index in [0.717, 1.165) is 31.6 Å². The fourth-order valence-corrected chi connectivity index (χ4v) is 2.42. The lowest BCUT2D eigenvalue weighted by Crippen LogP contribution is -2.41. The van der Waals surface area contributed by atoms with Crippen molar-refractivity contribution in [1.82, 2.24) is 20.5 Å². The van der Waals surface area contributed by atoms with Crippen LogP contribution >= 0.6 is 0 Å². The lowest BCUT2D eigenvalue weighted by Gasteiger charge is -2.41. The predicted molar refractivity (Wildman–Crippen MR) is 69.3 cm³/mol. The molecule has 0 aliphatic heterocycles. The molecule has 0 unspecified atom stereocenters. The van der Waals surface area contributed by atoms with E-state index < -0.39 is 0 Å². The molecule has 2 N–H and O–H groups in total. The maximum atomic E-state index is 11.9. The van der Waals surface area contributed by atoms with Gasteiger partial charge in [0.15, 0.2) is 0 Å². The summed E-state index contributed by atoms with van der Waals surface area (Å²) in [5.41, 5.74) is 0.332. The zero-order valence-electron chi connectivity index (χ0n) is 11.3. The molecule has 5 heteroatoms. The van der Waals surface area contributed by atoms with Gasteiger partial charge in [0.1, 0.15) is 5.82 Å². The molecule has 0 bridgehead atoms. The van der Waals surface area contributed by atoms with Gasteiger partial charge in [0.05, 0.1) is 0 Å². The molecule has 1 aliphatic rings. The summed E-state index contributed by atoms with van der Waals surface area (Å²) in [5, 5.41) is 9.73. The average Bonchev–Trinajstić information content (AvgIpc) is 2.77. The van der Waals surface area contributed by atoms with E-state index in [1.54, 1.807) is 0 Å². The van der Waals surface area contributed by atoms with E-state index in [9.17, 15) is 4.79 Å². The van der Waals surface area contributed by atoms with Crippen molar-refractivity contribution in [2.24, 2.45) is 5.41 Å². The molecule has 1 amide bonds. The zero-order valence-corrected chi connectivity index (χ0v) is 11.3. The van der Waals surface area contributed by atoms with E-state index in [1.165, 1.54) is 19.3 Å². The summed E-state index contributed by atoms with van der Waals surface area (Å²) in [6, 6.07) is 0. The van der Waals surface area contributed by atoms with Crippen LogP contribution in [-0.2, 0) is 6.42 Å². The van der Waals surface area contributed by atoms with Gasteiger partial charge in [-0.25, -0.2) is 4.98 Å². The third-order valence-corrected chi connectivity index (χ3v) is 4.01. The van der Waals surface area contributed by atoms with Crippen molar-refractivity contribution in [1.29, 1.82) is 0 Å². The molecule has 1 aromatic rings. The second kappa shape index (κ2) is 5.50. The highest BCUT2D eigenvalue weighted by molar-refractivity contribution is 5.90. The summed E-state index contributed by atoms with van der Waals surface area (Å²) in [6.45, 7) is 5.02. The summed E-state index contributed by atoms with van der Waals surface area (Å²) >= 11 is 0. The average molecular weight is 250 g/mol. The fourth-order valence-electron chi connectivity index (χ4n) is 2.42. The SMILES string of the molecule is CCCc1nc(C(=O)NCC2(CC)CCC2)n[nH]1. The maximum absolute atomic E-state index is 11.9. The van der Waals surface area contributed by atoms with E-state index in [1.807, 2.05) is 0 Å². The summed E-state index contributed by atoms with van der Waals surface area (Å²) < 4.78 is 0. The molecule has 5 nitrogen and oxygen atoms in total. The Hall–Kier alpha value is -1.39. The first kappa shape index (κ1) is 13.1. The molecule has 1 aliphatic carbocycles. The minimum Gasteiger partial charge on any atom is -0.349 e. The van der Waals surface area contributed by atoms with Crippen molar-refractivity contribution in [3.8, 4) is 0 Å². The molecule has 1 fully saturated rings. The second-order valence-corrected chi connectivity index (χ2v) is 5.25. The molecule has 1 saturated carbocycles. The predicted octanol–water partition coefficient (Wildman–Crippen LogP) is 2.07. The zero-order chi connectivity index (χ0) is 13.0. The van der Waals surface area contributed by atoms with Crippen LogP contribution in [0.4, 0.5) is 0 Å². The van der Waals surface area contributed by atoms with E-state index in [2.05, 4.69) is 34.3 Å².